The zero-order valence-electron chi connectivity index (χ0n) is 13.3. The number of aryl methyl sites for hydroxylation is 1. The highest BCUT2D eigenvalue weighted by molar-refractivity contribution is 6.14. The first kappa shape index (κ1) is 14.5. The summed E-state index contributed by atoms with van der Waals surface area (Å²) in [6.07, 6.45) is 0. The molecule has 2 aliphatic rings. The number of hydrogen-bond acceptors (Lipinski definition) is 1. The van der Waals surface area contributed by atoms with Crippen LogP contribution in [-0.2, 0) is 0 Å². The highest BCUT2D eigenvalue weighted by Gasteiger charge is 2.19. The van der Waals surface area contributed by atoms with E-state index in [1.165, 1.54) is 5.56 Å². The Morgan fingerprint density at radius 1 is 0.909 bits per heavy atom. The quantitative estimate of drug-likeness (QED) is 0.585. The van der Waals surface area contributed by atoms with Crippen molar-refractivity contribution in [3.05, 3.63) is 82.9 Å². The first-order valence-corrected chi connectivity index (χ1v) is 7.71. The monoisotopic (exact) mass is 288 g/mol. The van der Waals surface area contributed by atoms with Crippen molar-refractivity contribution in [1.29, 1.82) is 0 Å². The molecule has 0 atom stereocenters. The fourth-order valence-electron chi connectivity index (χ4n) is 2.88. The maximum atomic E-state index is 12.8. The summed E-state index contributed by atoms with van der Waals surface area (Å²) >= 11 is 0. The second kappa shape index (κ2) is 5.76. The van der Waals surface area contributed by atoms with Crippen molar-refractivity contribution >= 4 is 5.78 Å². The molecule has 1 aromatic carbocycles. The summed E-state index contributed by atoms with van der Waals surface area (Å²) in [5.41, 5.74) is 6.19. The van der Waals surface area contributed by atoms with Crippen LogP contribution >= 0.6 is 0 Å². The fourth-order valence-corrected chi connectivity index (χ4v) is 2.88. The molecule has 0 heterocycles. The molecule has 0 N–H and O–H groups in total. The predicted molar refractivity (Wildman–Crippen MR) is 91.8 cm³/mol. The highest BCUT2D eigenvalue weighted by Crippen LogP contribution is 2.34. The van der Waals surface area contributed by atoms with Crippen LogP contribution in [0.2, 0.25) is 0 Å². The topological polar surface area (TPSA) is 17.1 Å². The molecule has 0 aliphatic heterocycles. The molecule has 0 radical (unpaired) electrons. The SMILES string of the molecule is Cc1ccc(C(C)C)cc2ccc(C(=O)c3ccccc3)c1-2. The first-order chi connectivity index (χ1) is 10.6. The van der Waals surface area contributed by atoms with E-state index in [2.05, 4.69) is 45.0 Å². The molecule has 3 rings (SSSR count). The second-order valence-corrected chi connectivity index (χ2v) is 6.09. The summed E-state index contributed by atoms with van der Waals surface area (Å²) in [5.74, 6) is 0.564. The number of fused-ring (bicyclic) bond motifs is 1. The van der Waals surface area contributed by atoms with Crippen molar-refractivity contribution in [2.24, 2.45) is 0 Å². The molecule has 0 aromatic heterocycles. The molecular weight excluding hydrogens is 268 g/mol. The fraction of sp³-hybridized carbons (Fsp3) is 0.190. The van der Waals surface area contributed by atoms with Crippen molar-refractivity contribution in [1.82, 2.24) is 0 Å². The molecule has 0 fully saturated rings. The van der Waals surface area contributed by atoms with Gasteiger partial charge in [-0.3, -0.25) is 4.79 Å². The van der Waals surface area contributed by atoms with Gasteiger partial charge in [0.15, 0.2) is 5.78 Å². The van der Waals surface area contributed by atoms with Crippen molar-refractivity contribution < 1.29 is 4.79 Å². The molecule has 0 saturated heterocycles. The van der Waals surface area contributed by atoms with E-state index >= 15 is 0 Å². The van der Waals surface area contributed by atoms with Crippen LogP contribution in [0.25, 0.3) is 11.1 Å². The minimum Gasteiger partial charge on any atom is -0.289 e. The van der Waals surface area contributed by atoms with Crippen LogP contribution in [0.4, 0.5) is 0 Å². The Hall–Kier alpha value is -2.41. The number of benzene rings is 1. The number of carbonyl (C=O) groups excluding carboxylic acids is 1. The minimum atomic E-state index is 0.0935. The van der Waals surface area contributed by atoms with Gasteiger partial charge in [0.05, 0.1) is 0 Å². The van der Waals surface area contributed by atoms with Gasteiger partial charge in [0.1, 0.15) is 0 Å². The molecule has 1 nitrogen and oxygen atoms in total. The Balaban J connectivity index is 2.14. The van der Waals surface area contributed by atoms with Crippen molar-refractivity contribution in [2.45, 2.75) is 26.7 Å². The average Bonchev–Trinajstić information content (AvgIpc) is 2.87. The molecule has 0 unspecified atom stereocenters. The smallest absolute Gasteiger partial charge is 0.193 e. The van der Waals surface area contributed by atoms with Gasteiger partial charge in [-0.05, 0) is 41.2 Å². The van der Waals surface area contributed by atoms with Crippen molar-refractivity contribution in [2.75, 3.05) is 0 Å². The number of carbonyl (C=O) groups is 1. The molecule has 1 heteroatoms. The van der Waals surface area contributed by atoms with Crippen LogP contribution in [0.3, 0.4) is 0 Å². The molecule has 1 aromatic rings. The third-order valence-electron chi connectivity index (χ3n) is 4.18. The summed E-state index contributed by atoms with van der Waals surface area (Å²) in [6, 6.07) is 20.0. The zero-order chi connectivity index (χ0) is 15.7. The van der Waals surface area contributed by atoms with Gasteiger partial charge in [-0.2, -0.15) is 0 Å². The lowest BCUT2D eigenvalue weighted by Crippen LogP contribution is -2.01. The lowest BCUT2D eigenvalue weighted by molar-refractivity contribution is 0.103. The van der Waals surface area contributed by atoms with E-state index in [1.807, 2.05) is 36.4 Å². The lowest BCUT2D eigenvalue weighted by Gasteiger charge is -2.05. The summed E-state index contributed by atoms with van der Waals surface area (Å²) in [4.78, 5) is 12.8. The standard InChI is InChI=1S/C21H20O/c1-14(2)17-10-9-15(3)20-18(13-17)11-12-19(20)21(22)16-7-5-4-6-8-16/h4-14H,1-3H3. The Kier molecular flexibility index (Phi) is 3.81. The van der Waals surface area contributed by atoms with Gasteiger partial charge in [-0.1, -0.05) is 68.4 Å². The van der Waals surface area contributed by atoms with Gasteiger partial charge in [0.25, 0.3) is 0 Å². The minimum absolute atomic E-state index is 0.0935. The molecule has 0 saturated carbocycles. The Bertz CT molecular complexity index is 784. The predicted octanol–water partition coefficient (Wildman–Crippen LogP) is 5.45. The molecule has 0 spiro atoms. The lowest BCUT2D eigenvalue weighted by atomic mass is 9.97. The van der Waals surface area contributed by atoms with Gasteiger partial charge in [-0.15, -0.1) is 0 Å². The van der Waals surface area contributed by atoms with E-state index in [0.29, 0.717) is 5.92 Å². The molecule has 0 amide bonds. The first-order valence-electron chi connectivity index (χ1n) is 7.71. The third kappa shape index (κ3) is 2.55. The maximum Gasteiger partial charge on any atom is 0.193 e. The van der Waals surface area contributed by atoms with E-state index in [4.69, 9.17) is 0 Å². The Labute approximate surface area is 132 Å². The molecular formula is C21H20O. The van der Waals surface area contributed by atoms with Crippen molar-refractivity contribution in [3.8, 4) is 11.1 Å². The van der Waals surface area contributed by atoms with Gasteiger partial charge in [0, 0.05) is 11.1 Å². The van der Waals surface area contributed by atoms with Crippen LogP contribution < -0.4 is 0 Å². The van der Waals surface area contributed by atoms with Crippen molar-refractivity contribution in [3.63, 3.8) is 0 Å². The number of hydrogen-bond donors (Lipinski definition) is 0. The molecule has 110 valence electrons. The van der Waals surface area contributed by atoms with E-state index in [0.717, 1.165) is 27.8 Å². The van der Waals surface area contributed by atoms with Crippen LogP contribution in [-0.4, -0.2) is 5.78 Å². The van der Waals surface area contributed by atoms with Crippen LogP contribution in [0.5, 0.6) is 0 Å². The average molecular weight is 288 g/mol. The van der Waals surface area contributed by atoms with E-state index in [-0.39, 0.29) is 5.78 Å². The maximum absolute atomic E-state index is 12.8. The van der Waals surface area contributed by atoms with Crippen LogP contribution in [0, 0.1) is 6.92 Å². The normalized spacial score (nSPS) is 11.1. The Morgan fingerprint density at radius 2 is 1.64 bits per heavy atom. The van der Waals surface area contributed by atoms with E-state index in [9.17, 15) is 4.79 Å². The molecule has 22 heavy (non-hydrogen) atoms. The van der Waals surface area contributed by atoms with Crippen LogP contribution in [0.1, 0.15) is 46.8 Å². The van der Waals surface area contributed by atoms with E-state index < -0.39 is 0 Å². The van der Waals surface area contributed by atoms with Gasteiger partial charge in [-0.25, -0.2) is 0 Å². The molecule has 2 aliphatic carbocycles. The van der Waals surface area contributed by atoms with Crippen LogP contribution in [0.15, 0.2) is 60.7 Å². The largest absolute Gasteiger partial charge is 0.289 e. The number of rotatable bonds is 3. The van der Waals surface area contributed by atoms with Gasteiger partial charge in [0.2, 0.25) is 0 Å². The highest BCUT2D eigenvalue weighted by atomic mass is 16.1. The summed E-state index contributed by atoms with van der Waals surface area (Å²) < 4.78 is 0. The summed E-state index contributed by atoms with van der Waals surface area (Å²) in [5, 5.41) is 0. The number of ketones is 1. The van der Waals surface area contributed by atoms with Gasteiger partial charge < -0.3 is 0 Å². The Morgan fingerprint density at radius 3 is 2.32 bits per heavy atom. The van der Waals surface area contributed by atoms with Gasteiger partial charge >= 0.3 is 0 Å². The van der Waals surface area contributed by atoms with E-state index in [1.54, 1.807) is 0 Å². The zero-order valence-corrected chi connectivity index (χ0v) is 13.3. The third-order valence-corrected chi connectivity index (χ3v) is 4.18. The second-order valence-electron chi connectivity index (χ2n) is 6.09. The summed E-state index contributed by atoms with van der Waals surface area (Å²) in [6.45, 7) is 6.46. The molecule has 0 bridgehead atoms. The summed E-state index contributed by atoms with van der Waals surface area (Å²) in [7, 11) is 0.